The van der Waals surface area contributed by atoms with E-state index >= 15 is 0 Å². The van der Waals surface area contributed by atoms with Gasteiger partial charge in [-0.25, -0.2) is 9.67 Å². The minimum absolute atomic E-state index is 0.0587. The van der Waals surface area contributed by atoms with Crippen molar-refractivity contribution in [1.29, 1.82) is 5.26 Å². The molecule has 1 saturated carbocycles. The topological polar surface area (TPSA) is 74.8 Å². The SMILES string of the molecule is CC(C)n1ncc2c(C(=O)N3CCCC3C#N)cc(C3CC3)nc21. The van der Waals surface area contributed by atoms with Gasteiger partial charge in [-0.2, -0.15) is 10.4 Å². The molecule has 2 fully saturated rings. The number of likely N-dealkylation sites (tertiary alicyclic amines) is 1. The Morgan fingerprint density at radius 1 is 1.38 bits per heavy atom. The van der Waals surface area contributed by atoms with Crippen molar-refractivity contribution in [2.45, 2.75) is 57.5 Å². The number of carbonyl (C=O) groups excluding carboxylic acids is 1. The Bertz CT molecular complexity index is 843. The first-order valence-corrected chi connectivity index (χ1v) is 8.69. The molecular weight excluding hydrogens is 302 g/mol. The van der Waals surface area contributed by atoms with Crippen molar-refractivity contribution < 1.29 is 4.79 Å². The Morgan fingerprint density at radius 3 is 2.83 bits per heavy atom. The van der Waals surface area contributed by atoms with Crippen LogP contribution in [-0.4, -0.2) is 38.2 Å². The molecule has 1 amide bonds. The van der Waals surface area contributed by atoms with Crippen LogP contribution in [0.4, 0.5) is 0 Å². The van der Waals surface area contributed by atoms with Gasteiger partial charge in [0.15, 0.2) is 5.65 Å². The second-order valence-electron chi connectivity index (χ2n) is 7.07. The summed E-state index contributed by atoms with van der Waals surface area (Å²) >= 11 is 0. The fourth-order valence-corrected chi connectivity index (χ4v) is 3.48. The van der Waals surface area contributed by atoms with E-state index in [0.29, 0.717) is 18.0 Å². The molecule has 6 heteroatoms. The van der Waals surface area contributed by atoms with Gasteiger partial charge in [-0.05, 0) is 45.6 Å². The van der Waals surface area contributed by atoms with E-state index in [1.165, 1.54) is 0 Å². The number of nitriles is 1. The maximum absolute atomic E-state index is 13.1. The molecule has 0 radical (unpaired) electrons. The van der Waals surface area contributed by atoms with Gasteiger partial charge in [0.25, 0.3) is 5.91 Å². The summed E-state index contributed by atoms with van der Waals surface area (Å²) in [5, 5.41) is 14.5. The summed E-state index contributed by atoms with van der Waals surface area (Å²) in [6.07, 6.45) is 5.65. The largest absolute Gasteiger partial charge is 0.323 e. The van der Waals surface area contributed by atoms with Gasteiger partial charge in [0.2, 0.25) is 0 Å². The summed E-state index contributed by atoms with van der Waals surface area (Å²) in [6.45, 7) is 4.77. The Kier molecular flexibility index (Phi) is 3.52. The monoisotopic (exact) mass is 323 g/mol. The van der Waals surface area contributed by atoms with Crippen LogP contribution in [0.15, 0.2) is 12.3 Å². The summed E-state index contributed by atoms with van der Waals surface area (Å²) in [4.78, 5) is 19.6. The zero-order valence-corrected chi connectivity index (χ0v) is 14.1. The van der Waals surface area contributed by atoms with E-state index in [0.717, 1.165) is 42.4 Å². The molecular formula is C18H21N5O. The average molecular weight is 323 g/mol. The molecule has 3 heterocycles. The molecule has 1 unspecified atom stereocenters. The lowest BCUT2D eigenvalue weighted by molar-refractivity contribution is 0.0766. The maximum atomic E-state index is 13.1. The van der Waals surface area contributed by atoms with Gasteiger partial charge in [-0.3, -0.25) is 4.79 Å². The molecule has 0 bridgehead atoms. The first-order valence-electron chi connectivity index (χ1n) is 8.69. The van der Waals surface area contributed by atoms with Gasteiger partial charge in [0.1, 0.15) is 6.04 Å². The molecule has 2 aromatic rings. The number of fused-ring (bicyclic) bond motifs is 1. The third kappa shape index (κ3) is 2.35. The van der Waals surface area contributed by atoms with Crippen molar-refractivity contribution in [3.05, 3.63) is 23.5 Å². The van der Waals surface area contributed by atoms with Crippen molar-refractivity contribution in [2.75, 3.05) is 6.54 Å². The molecule has 0 spiro atoms. The third-order valence-electron chi connectivity index (χ3n) is 4.96. The van der Waals surface area contributed by atoms with E-state index in [-0.39, 0.29) is 18.0 Å². The van der Waals surface area contributed by atoms with Gasteiger partial charge in [-0.15, -0.1) is 0 Å². The molecule has 1 aliphatic heterocycles. The Hall–Kier alpha value is -2.42. The lowest BCUT2D eigenvalue weighted by Crippen LogP contribution is -2.34. The molecule has 1 aliphatic carbocycles. The first-order chi connectivity index (χ1) is 11.6. The molecule has 1 saturated heterocycles. The average Bonchev–Trinajstić information content (AvgIpc) is 3.16. The maximum Gasteiger partial charge on any atom is 0.255 e. The number of amides is 1. The summed E-state index contributed by atoms with van der Waals surface area (Å²) in [5.41, 5.74) is 2.42. The quantitative estimate of drug-likeness (QED) is 0.870. The van der Waals surface area contributed by atoms with E-state index in [9.17, 15) is 10.1 Å². The fourth-order valence-electron chi connectivity index (χ4n) is 3.48. The highest BCUT2D eigenvalue weighted by molar-refractivity contribution is 6.06. The molecule has 24 heavy (non-hydrogen) atoms. The van der Waals surface area contributed by atoms with E-state index < -0.39 is 0 Å². The minimum atomic E-state index is -0.315. The van der Waals surface area contributed by atoms with Gasteiger partial charge in [-0.1, -0.05) is 0 Å². The number of hydrogen-bond acceptors (Lipinski definition) is 4. The smallest absolute Gasteiger partial charge is 0.255 e. The zero-order valence-electron chi connectivity index (χ0n) is 14.1. The second kappa shape index (κ2) is 5.59. The van der Waals surface area contributed by atoms with Crippen LogP contribution < -0.4 is 0 Å². The summed E-state index contributed by atoms with van der Waals surface area (Å²) in [6, 6.07) is 4.06. The summed E-state index contributed by atoms with van der Waals surface area (Å²) in [7, 11) is 0. The van der Waals surface area contributed by atoms with Crippen LogP contribution >= 0.6 is 0 Å². The number of carbonyl (C=O) groups is 1. The predicted molar refractivity (Wildman–Crippen MR) is 89.6 cm³/mol. The van der Waals surface area contributed by atoms with Crippen LogP contribution in [0, 0.1) is 11.3 Å². The Labute approximate surface area is 141 Å². The number of nitrogens with zero attached hydrogens (tertiary/aromatic N) is 5. The number of hydrogen-bond donors (Lipinski definition) is 0. The molecule has 2 aliphatic rings. The molecule has 0 N–H and O–H groups in total. The molecule has 4 rings (SSSR count). The van der Waals surface area contributed by atoms with Crippen molar-refractivity contribution in [2.24, 2.45) is 0 Å². The molecule has 124 valence electrons. The van der Waals surface area contributed by atoms with Gasteiger partial charge in [0.05, 0.1) is 23.2 Å². The van der Waals surface area contributed by atoms with Crippen LogP contribution in [0.1, 0.15) is 67.5 Å². The highest BCUT2D eigenvalue weighted by Crippen LogP contribution is 2.40. The molecule has 0 aromatic carbocycles. The highest BCUT2D eigenvalue weighted by atomic mass is 16.2. The van der Waals surface area contributed by atoms with E-state index in [2.05, 4.69) is 25.0 Å². The Morgan fingerprint density at radius 2 is 2.17 bits per heavy atom. The van der Waals surface area contributed by atoms with Crippen LogP contribution in [0.3, 0.4) is 0 Å². The van der Waals surface area contributed by atoms with E-state index in [4.69, 9.17) is 4.98 Å². The number of aromatic nitrogens is 3. The summed E-state index contributed by atoms with van der Waals surface area (Å²) in [5.74, 6) is 0.401. The fraction of sp³-hybridized carbons (Fsp3) is 0.556. The Balaban J connectivity index is 1.84. The van der Waals surface area contributed by atoms with Crippen LogP contribution in [0.25, 0.3) is 11.0 Å². The van der Waals surface area contributed by atoms with Gasteiger partial charge >= 0.3 is 0 Å². The second-order valence-corrected chi connectivity index (χ2v) is 7.07. The predicted octanol–water partition coefficient (Wildman–Crippen LogP) is 3.02. The lowest BCUT2D eigenvalue weighted by atomic mass is 10.1. The normalized spacial score (nSPS) is 20.8. The van der Waals surface area contributed by atoms with Crippen LogP contribution in [0.2, 0.25) is 0 Å². The van der Waals surface area contributed by atoms with E-state index in [1.54, 1.807) is 11.1 Å². The van der Waals surface area contributed by atoms with Crippen LogP contribution in [0.5, 0.6) is 0 Å². The third-order valence-corrected chi connectivity index (χ3v) is 4.96. The van der Waals surface area contributed by atoms with Crippen molar-refractivity contribution in [3.63, 3.8) is 0 Å². The number of pyridine rings is 1. The summed E-state index contributed by atoms with van der Waals surface area (Å²) < 4.78 is 1.88. The molecule has 1 atom stereocenters. The zero-order chi connectivity index (χ0) is 16.8. The van der Waals surface area contributed by atoms with Crippen LogP contribution in [-0.2, 0) is 0 Å². The lowest BCUT2D eigenvalue weighted by Gasteiger charge is -2.20. The van der Waals surface area contributed by atoms with Gasteiger partial charge < -0.3 is 4.90 Å². The number of rotatable bonds is 3. The highest BCUT2D eigenvalue weighted by Gasteiger charge is 2.33. The van der Waals surface area contributed by atoms with Crippen molar-refractivity contribution >= 4 is 16.9 Å². The standard InChI is InChI=1S/C18H21N5O/c1-11(2)23-17-15(10-20-23)14(8-16(21-17)12-5-6-12)18(24)22-7-3-4-13(22)9-19/h8,10-13H,3-7H2,1-2H3. The van der Waals surface area contributed by atoms with Crippen molar-refractivity contribution in [3.8, 4) is 6.07 Å². The molecule has 6 nitrogen and oxygen atoms in total. The van der Waals surface area contributed by atoms with Crippen molar-refractivity contribution in [1.82, 2.24) is 19.7 Å². The van der Waals surface area contributed by atoms with Gasteiger partial charge in [0, 0.05) is 24.2 Å². The molecule has 2 aromatic heterocycles. The first kappa shape index (κ1) is 15.1. The van der Waals surface area contributed by atoms with E-state index in [1.807, 2.05) is 10.7 Å². The minimum Gasteiger partial charge on any atom is -0.323 e.